The van der Waals surface area contributed by atoms with Gasteiger partial charge in [-0.1, -0.05) is 12.2 Å². The van der Waals surface area contributed by atoms with Crippen LogP contribution in [-0.2, 0) is 21.7 Å². The zero-order chi connectivity index (χ0) is 6.83. The molecule has 2 nitrogen and oxygen atoms in total. The summed E-state index contributed by atoms with van der Waals surface area (Å²) in [7, 11) is 0. The molecule has 11 heavy (non-hydrogen) atoms. The van der Waals surface area contributed by atoms with Crippen molar-refractivity contribution in [2.45, 2.75) is 0 Å². The van der Waals surface area contributed by atoms with Gasteiger partial charge >= 0.3 is 21.7 Å². The van der Waals surface area contributed by atoms with Gasteiger partial charge in [0, 0.05) is 0 Å². The first-order valence-corrected chi connectivity index (χ1v) is 2.27. The van der Waals surface area contributed by atoms with Crippen molar-refractivity contribution in [3.05, 3.63) is 25.3 Å². The maximum absolute atomic E-state index is 7.76. The maximum Gasteiger partial charge on any atom is 2.00 e. The topological polar surface area (TPSA) is 40.5 Å². The van der Waals surface area contributed by atoms with Gasteiger partial charge in [-0.3, -0.25) is 0 Å². The van der Waals surface area contributed by atoms with Crippen LogP contribution in [0.3, 0.4) is 0 Å². The van der Waals surface area contributed by atoms with Crippen LogP contribution in [0, 0.1) is 0 Å². The Kier molecular flexibility index (Phi) is 124. The van der Waals surface area contributed by atoms with Crippen molar-refractivity contribution in [2.24, 2.45) is 0 Å². The standard InChI is InChI=1S/2C3H6O.2ClH.Ti/c2*1-2-3-4;;;/h2*2,4H,1,3H2;2*1H;/q;;;;+2/p-2. The van der Waals surface area contributed by atoms with E-state index in [0.29, 0.717) is 0 Å². The van der Waals surface area contributed by atoms with Crippen molar-refractivity contribution in [2.75, 3.05) is 13.2 Å². The zero-order valence-corrected chi connectivity index (χ0v) is 9.21. The summed E-state index contributed by atoms with van der Waals surface area (Å²) in [6.45, 7) is 6.62. The molecule has 2 N–H and O–H groups in total. The fourth-order valence-electron chi connectivity index (χ4n) is 0. The molecular weight excluding hydrogens is 223 g/mol. The van der Waals surface area contributed by atoms with E-state index in [4.69, 9.17) is 10.2 Å². The minimum Gasteiger partial charge on any atom is -1.00 e. The van der Waals surface area contributed by atoms with Crippen LogP contribution in [0.25, 0.3) is 0 Å². The van der Waals surface area contributed by atoms with Gasteiger partial charge in [-0.05, 0) is 0 Å². The molecule has 0 unspecified atom stereocenters. The molecule has 0 fully saturated rings. The molecule has 0 saturated heterocycles. The number of rotatable bonds is 2. The molecule has 0 aromatic carbocycles. The van der Waals surface area contributed by atoms with Gasteiger partial charge in [0.05, 0.1) is 13.2 Å². The summed E-state index contributed by atoms with van der Waals surface area (Å²) in [6, 6.07) is 0. The first-order valence-electron chi connectivity index (χ1n) is 2.27. The van der Waals surface area contributed by atoms with E-state index < -0.39 is 0 Å². The number of hydrogen-bond donors (Lipinski definition) is 2. The second-order valence-corrected chi connectivity index (χ2v) is 0.942. The van der Waals surface area contributed by atoms with Gasteiger partial charge < -0.3 is 35.0 Å². The van der Waals surface area contributed by atoms with E-state index in [-0.39, 0.29) is 59.7 Å². The molecule has 0 aliphatic carbocycles. The molecule has 0 spiro atoms. The number of halogens is 2. The Morgan fingerprint density at radius 1 is 0.909 bits per heavy atom. The SMILES string of the molecule is C=CCO.C=CCO.[Cl-].[Cl-].[Ti+2]. The van der Waals surface area contributed by atoms with E-state index in [1.165, 1.54) is 12.2 Å². The normalized spacial score (nSPS) is 4.55. The number of aliphatic hydroxyl groups excluding tert-OH is 2. The van der Waals surface area contributed by atoms with E-state index in [1.807, 2.05) is 0 Å². The average Bonchev–Trinajstić information content (AvgIpc) is 1.88. The molecule has 66 valence electrons. The molecule has 0 aromatic rings. The van der Waals surface area contributed by atoms with Crippen molar-refractivity contribution in [1.29, 1.82) is 0 Å². The van der Waals surface area contributed by atoms with Crippen molar-refractivity contribution in [3.63, 3.8) is 0 Å². The Morgan fingerprint density at radius 2 is 1.00 bits per heavy atom. The summed E-state index contributed by atoms with van der Waals surface area (Å²) in [5, 5.41) is 15.5. The fourth-order valence-corrected chi connectivity index (χ4v) is 0. The summed E-state index contributed by atoms with van der Waals surface area (Å²) in [5.41, 5.74) is 0. The van der Waals surface area contributed by atoms with Crippen LogP contribution in [0.2, 0.25) is 0 Å². The summed E-state index contributed by atoms with van der Waals surface area (Å²) in [6.07, 6.45) is 2.86. The van der Waals surface area contributed by atoms with Gasteiger partial charge in [0.15, 0.2) is 0 Å². The van der Waals surface area contributed by atoms with Crippen LogP contribution in [0.4, 0.5) is 0 Å². The average molecular weight is 235 g/mol. The molecule has 0 radical (unpaired) electrons. The Morgan fingerprint density at radius 3 is 1.00 bits per heavy atom. The van der Waals surface area contributed by atoms with Crippen LogP contribution in [0.1, 0.15) is 0 Å². The third-order valence-corrected chi connectivity index (χ3v) is 0.258. The quantitative estimate of drug-likeness (QED) is 0.370. The van der Waals surface area contributed by atoms with Crippen LogP contribution in [0.15, 0.2) is 25.3 Å². The third-order valence-electron chi connectivity index (χ3n) is 0.258. The van der Waals surface area contributed by atoms with E-state index >= 15 is 0 Å². The summed E-state index contributed by atoms with van der Waals surface area (Å²) >= 11 is 0. The van der Waals surface area contributed by atoms with Gasteiger partial charge in [-0.25, -0.2) is 0 Å². The third kappa shape index (κ3) is 111. The van der Waals surface area contributed by atoms with Gasteiger partial charge in [0.2, 0.25) is 0 Å². The largest absolute Gasteiger partial charge is 2.00 e. The van der Waals surface area contributed by atoms with E-state index in [9.17, 15) is 0 Å². The van der Waals surface area contributed by atoms with Crippen LogP contribution in [0.5, 0.6) is 0 Å². The van der Waals surface area contributed by atoms with E-state index in [0.717, 1.165) is 0 Å². The second kappa shape index (κ2) is 45.6. The van der Waals surface area contributed by atoms with Crippen molar-refractivity contribution < 1.29 is 56.7 Å². The number of aliphatic hydroxyl groups is 2. The molecule has 0 heterocycles. The first-order chi connectivity index (χ1) is 3.83. The molecule has 5 heteroatoms. The number of hydrogen-bond acceptors (Lipinski definition) is 2. The van der Waals surface area contributed by atoms with Gasteiger partial charge in [-0.15, -0.1) is 13.2 Å². The van der Waals surface area contributed by atoms with Crippen LogP contribution >= 0.6 is 0 Å². The zero-order valence-electron chi connectivity index (χ0n) is 6.13. The minimum atomic E-state index is 0. The van der Waals surface area contributed by atoms with E-state index in [2.05, 4.69) is 13.2 Å². The molecule has 0 amide bonds. The Labute approximate surface area is 95.1 Å². The first kappa shape index (κ1) is 29.8. The molecule has 0 saturated carbocycles. The van der Waals surface area contributed by atoms with Crippen molar-refractivity contribution >= 4 is 0 Å². The summed E-state index contributed by atoms with van der Waals surface area (Å²) < 4.78 is 0. The van der Waals surface area contributed by atoms with Crippen molar-refractivity contribution in [3.8, 4) is 0 Å². The van der Waals surface area contributed by atoms with Crippen LogP contribution < -0.4 is 24.8 Å². The minimum absolute atomic E-state index is 0. The molecule has 0 aliphatic rings. The van der Waals surface area contributed by atoms with Crippen molar-refractivity contribution in [1.82, 2.24) is 0 Å². The molecule has 0 rings (SSSR count). The monoisotopic (exact) mass is 234 g/mol. The molecular formula is C6H12Cl2O2Ti. The van der Waals surface area contributed by atoms with Gasteiger partial charge in [-0.2, -0.15) is 0 Å². The van der Waals surface area contributed by atoms with E-state index in [1.54, 1.807) is 0 Å². The van der Waals surface area contributed by atoms with Crippen LogP contribution in [-0.4, -0.2) is 23.4 Å². The Hall–Kier alpha value is 0.694. The molecule has 0 aromatic heterocycles. The second-order valence-electron chi connectivity index (χ2n) is 0.942. The molecule has 0 atom stereocenters. The summed E-state index contributed by atoms with van der Waals surface area (Å²) in [5.74, 6) is 0. The van der Waals surface area contributed by atoms with Gasteiger partial charge in [0.1, 0.15) is 0 Å². The molecule has 0 aliphatic heterocycles. The fraction of sp³-hybridized carbons (Fsp3) is 0.333. The predicted octanol–water partition coefficient (Wildman–Crippen LogP) is -5.67. The Bertz CT molecular complexity index is 54.5. The summed E-state index contributed by atoms with van der Waals surface area (Å²) in [4.78, 5) is 0. The molecule has 0 bridgehead atoms. The Balaban J connectivity index is -0.0000000171. The predicted molar refractivity (Wildman–Crippen MR) is 34.6 cm³/mol. The van der Waals surface area contributed by atoms with Gasteiger partial charge in [0.25, 0.3) is 0 Å². The maximum atomic E-state index is 7.76. The smallest absolute Gasteiger partial charge is 1.00 e.